The van der Waals surface area contributed by atoms with E-state index in [1.54, 1.807) is 24.3 Å². The summed E-state index contributed by atoms with van der Waals surface area (Å²) in [6.45, 7) is 0. The topological polar surface area (TPSA) is 113 Å². The summed E-state index contributed by atoms with van der Waals surface area (Å²) >= 11 is 13.2. The largest absolute Gasteiger partial charge is 0.508 e. The van der Waals surface area contributed by atoms with Crippen molar-refractivity contribution in [2.24, 2.45) is 5.10 Å². The zero-order chi connectivity index (χ0) is 24.1. The van der Waals surface area contributed by atoms with Crippen molar-refractivity contribution in [1.29, 1.82) is 0 Å². The molecule has 4 aromatic rings. The number of hydrogen-bond donors (Lipinski definition) is 3. The molecular weight excluding hydrogens is 497 g/mol. The summed E-state index contributed by atoms with van der Waals surface area (Å²) in [6, 6.07) is 18.5. The molecule has 0 spiro atoms. The average Bonchev–Trinajstić information content (AvgIpc) is 3.24. The summed E-state index contributed by atoms with van der Waals surface area (Å²) in [6.07, 6.45) is 1.28. The molecule has 34 heavy (non-hydrogen) atoms. The molecule has 8 nitrogen and oxygen atoms in total. The number of carbonyl (C=O) groups is 1. The molecule has 1 amide bonds. The Morgan fingerprint density at radius 2 is 1.68 bits per heavy atom. The van der Waals surface area contributed by atoms with Crippen LogP contribution in [0.2, 0.25) is 10.0 Å². The molecule has 11 heteroatoms. The number of phenols is 2. The van der Waals surface area contributed by atoms with Gasteiger partial charge in [-0.1, -0.05) is 35.0 Å². The van der Waals surface area contributed by atoms with E-state index in [2.05, 4.69) is 20.7 Å². The Bertz CT molecular complexity index is 1340. The van der Waals surface area contributed by atoms with E-state index in [4.69, 9.17) is 23.2 Å². The fourth-order valence-electron chi connectivity index (χ4n) is 2.95. The molecule has 3 aromatic carbocycles. The van der Waals surface area contributed by atoms with E-state index >= 15 is 0 Å². The zero-order valence-corrected chi connectivity index (χ0v) is 19.7. The van der Waals surface area contributed by atoms with Crippen LogP contribution in [0, 0.1) is 0 Å². The molecule has 0 saturated carbocycles. The van der Waals surface area contributed by atoms with Gasteiger partial charge in [-0.05, 0) is 60.7 Å². The highest BCUT2D eigenvalue weighted by Crippen LogP contribution is 2.29. The Morgan fingerprint density at radius 1 is 1.00 bits per heavy atom. The highest BCUT2D eigenvalue weighted by atomic mass is 35.5. The molecule has 0 aliphatic heterocycles. The van der Waals surface area contributed by atoms with Crippen LogP contribution in [0.3, 0.4) is 0 Å². The average molecular weight is 514 g/mol. The van der Waals surface area contributed by atoms with Gasteiger partial charge in [0.15, 0.2) is 11.0 Å². The van der Waals surface area contributed by atoms with E-state index in [1.165, 1.54) is 36.2 Å². The summed E-state index contributed by atoms with van der Waals surface area (Å²) in [5.74, 6) is 0.00239. The molecule has 0 aliphatic carbocycles. The lowest BCUT2D eigenvalue weighted by Crippen LogP contribution is -2.20. The summed E-state index contributed by atoms with van der Waals surface area (Å²) in [5, 5.41) is 33.2. The van der Waals surface area contributed by atoms with Gasteiger partial charge in [0.1, 0.15) is 11.5 Å². The third-order valence-corrected chi connectivity index (χ3v) is 5.99. The lowest BCUT2D eigenvalue weighted by Gasteiger charge is -2.10. The van der Waals surface area contributed by atoms with Gasteiger partial charge in [0.25, 0.3) is 5.91 Å². The molecule has 0 saturated heterocycles. The number of amides is 1. The van der Waals surface area contributed by atoms with Gasteiger partial charge in [-0.25, -0.2) is 5.43 Å². The van der Waals surface area contributed by atoms with Gasteiger partial charge in [-0.3, -0.25) is 9.36 Å². The Morgan fingerprint density at radius 3 is 2.35 bits per heavy atom. The maximum Gasteiger partial charge on any atom is 0.250 e. The minimum atomic E-state index is -0.377. The maximum atomic E-state index is 12.3. The van der Waals surface area contributed by atoms with Crippen molar-refractivity contribution in [3.8, 4) is 28.6 Å². The number of benzene rings is 3. The van der Waals surface area contributed by atoms with Gasteiger partial charge in [0.2, 0.25) is 0 Å². The summed E-state index contributed by atoms with van der Waals surface area (Å²) in [5.41, 5.74) is 4.34. The van der Waals surface area contributed by atoms with E-state index in [0.29, 0.717) is 26.6 Å². The SMILES string of the molecule is O=C(CSc1nnc(-c2ccc(Cl)cc2)n1-c1ccc(Cl)cc1)N/N=C/c1ccc(O)cc1O. The van der Waals surface area contributed by atoms with E-state index in [1.807, 2.05) is 28.8 Å². The molecule has 4 rings (SSSR count). The van der Waals surface area contributed by atoms with Crippen molar-refractivity contribution < 1.29 is 15.0 Å². The van der Waals surface area contributed by atoms with Crippen LogP contribution in [0.5, 0.6) is 11.5 Å². The van der Waals surface area contributed by atoms with Crippen molar-refractivity contribution in [1.82, 2.24) is 20.2 Å². The van der Waals surface area contributed by atoms with E-state index in [-0.39, 0.29) is 23.2 Å². The highest BCUT2D eigenvalue weighted by molar-refractivity contribution is 7.99. The molecular formula is C23H17Cl2N5O3S. The van der Waals surface area contributed by atoms with Crippen LogP contribution in [0.25, 0.3) is 17.1 Å². The third-order valence-electron chi connectivity index (χ3n) is 4.56. The summed E-state index contributed by atoms with van der Waals surface area (Å²) < 4.78 is 1.83. The Labute approximate surface area is 208 Å². The number of hydrogen-bond acceptors (Lipinski definition) is 7. The van der Waals surface area contributed by atoms with Crippen LogP contribution in [0.1, 0.15) is 5.56 Å². The Hall–Kier alpha value is -3.53. The molecule has 3 N–H and O–H groups in total. The van der Waals surface area contributed by atoms with Crippen molar-refractivity contribution >= 4 is 47.1 Å². The van der Waals surface area contributed by atoms with Crippen LogP contribution in [0.4, 0.5) is 0 Å². The number of halogens is 2. The number of thioether (sulfide) groups is 1. The van der Waals surface area contributed by atoms with Crippen LogP contribution in [0.15, 0.2) is 77.0 Å². The van der Waals surface area contributed by atoms with Crippen LogP contribution < -0.4 is 5.43 Å². The number of aromatic nitrogens is 3. The molecule has 0 radical (unpaired) electrons. The normalized spacial score (nSPS) is 11.1. The number of phenolic OH excluding ortho intramolecular Hbond substituents is 2. The zero-order valence-electron chi connectivity index (χ0n) is 17.4. The van der Waals surface area contributed by atoms with Gasteiger partial charge < -0.3 is 10.2 Å². The van der Waals surface area contributed by atoms with Gasteiger partial charge in [0, 0.05) is 32.9 Å². The maximum absolute atomic E-state index is 12.3. The third kappa shape index (κ3) is 5.69. The first-order chi connectivity index (χ1) is 16.4. The van der Waals surface area contributed by atoms with Crippen molar-refractivity contribution in [3.05, 3.63) is 82.3 Å². The van der Waals surface area contributed by atoms with E-state index in [0.717, 1.165) is 11.3 Å². The van der Waals surface area contributed by atoms with Crippen molar-refractivity contribution in [2.75, 3.05) is 5.75 Å². The number of hydrazone groups is 1. The van der Waals surface area contributed by atoms with Gasteiger partial charge in [-0.2, -0.15) is 5.10 Å². The lowest BCUT2D eigenvalue weighted by atomic mass is 10.2. The predicted octanol–water partition coefficient (Wildman–Crippen LogP) is 4.89. The minimum Gasteiger partial charge on any atom is -0.508 e. The summed E-state index contributed by atoms with van der Waals surface area (Å²) in [4.78, 5) is 12.3. The Kier molecular flexibility index (Phi) is 7.36. The minimum absolute atomic E-state index is 0.0191. The standard InChI is InChI=1S/C23H17Cl2N5O3S/c24-16-4-1-14(2-5-16)22-28-29-23(30(22)18-8-6-17(25)7-9-18)34-13-21(33)27-26-12-15-3-10-19(31)11-20(15)32/h1-12,31-32H,13H2,(H,27,33)/b26-12+. The summed E-state index contributed by atoms with van der Waals surface area (Å²) in [7, 11) is 0. The number of rotatable bonds is 7. The van der Waals surface area contributed by atoms with E-state index < -0.39 is 0 Å². The smallest absolute Gasteiger partial charge is 0.250 e. The first-order valence-corrected chi connectivity index (χ1v) is 11.6. The molecule has 0 fully saturated rings. The first kappa shape index (κ1) is 23.6. The van der Waals surface area contributed by atoms with Crippen molar-refractivity contribution in [2.45, 2.75) is 5.16 Å². The first-order valence-electron chi connectivity index (χ1n) is 9.84. The van der Waals surface area contributed by atoms with Crippen LogP contribution in [-0.2, 0) is 4.79 Å². The Balaban J connectivity index is 1.51. The highest BCUT2D eigenvalue weighted by Gasteiger charge is 2.17. The second kappa shape index (κ2) is 10.6. The number of aromatic hydroxyl groups is 2. The number of nitrogens with one attached hydrogen (secondary N) is 1. The van der Waals surface area contributed by atoms with E-state index in [9.17, 15) is 15.0 Å². The number of carbonyl (C=O) groups excluding carboxylic acids is 1. The second-order valence-electron chi connectivity index (χ2n) is 6.95. The molecule has 0 bridgehead atoms. The van der Waals surface area contributed by atoms with Crippen molar-refractivity contribution in [3.63, 3.8) is 0 Å². The fourth-order valence-corrected chi connectivity index (χ4v) is 3.95. The molecule has 172 valence electrons. The van der Waals surface area contributed by atoms with Gasteiger partial charge in [-0.15, -0.1) is 10.2 Å². The molecule has 0 unspecified atom stereocenters. The van der Waals surface area contributed by atoms with Crippen LogP contribution in [-0.4, -0.2) is 42.9 Å². The predicted molar refractivity (Wildman–Crippen MR) is 133 cm³/mol. The lowest BCUT2D eigenvalue weighted by molar-refractivity contribution is -0.118. The molecule has 1 aromatic heterocycles. The molecule has 0 aliphatic rings. The fraction of sp³-hybridized carbons (Fsp3) is 0.0435. The monoisotopic (exact) mass is 513 g/mol. The van der Waals surface area contributed by atoms with Gasteiger partial charge >= 0.3 is 0 Å². The quantitative estimate of drug-likeness (QED) is 0.184. The second-order valence-corrected chi connectivity index (χ2v) is 8.77. The number of nitrogens with zero attached hydrogens (tertiary/aromatic N) is 4. The molecule has 1 heterocycles. The molecule has 0 atom stereocenters. The van der Waals surface area contributed by atoms with Gasteiger partial charge in [0.05, 0.1) is 12.0 Å². The van der Waals surface area contributed by atoms with Crippen LogP contribution >= 0.6 is 35.0 Å².